The van der Waals surface area contributed by atoms with Gasteiger partial charge >= 0.3 is 0 Å². The Morgan fingerprint density at radius 3 is 2.88 bits per heavy atom. The molecule has 2 atom stereocenters. The van der Waals surface area contributed by atoms with Crippen LogP contribution in [0.1, 0.15) is 32.6 Å². The average molecular weight is 236 g/mol. The zero-order valence-electron chi connectivity index (χ0n) is 10.5. The number of hydrogen-bond donors (Lipinski definition) is 1. The second kappa shape index (κ2) is 5.25. The molecular formula is C13H20N2O2. The quantitative estimate of drug-likeness (QED) is 0.876. The van der Waals surface area contributed by atoms with Crippen molar-refractivity contribution in [2.75, 3.05) is 12.8 Å². The summed E-state index contributed by atoms with van der Waals surface area (Å²) in [6, 6.07) is 3.51. The third kappa shape index (κ3) is 3.02. The van der Waals surface area contributed by atoms with Gasteiger partial charge < -0.3 is 15.2 Å². The molecule has 0 aromatic carbocycles. The molecule has 1 aromatic rings. The molecule has 1 fully saturated rings. The number of aromatic nitrogens is 1. The summed E-state index contributed by atoms with van der Waals surface area (Å²) < 4.78 is 11.0. The van der Waals surface area contributed by atoms with Crippen molar-refractivity contribution >= 4 is 5.69 Å². The molecule has 0 aliphatic heterocycles. The lowest BCUT2D eigenvalue weighted by Crippen LogP contribution is -2.24. The fourth-order valence-corrected chi connectivity index (χ4v) is 2.29. The molecule has 17 heavy (non-hydrogen) atoms. The average Bonchev–Trinajstić information content (AvgIpc) is 2.32. The van der Waals surface area contributed by atoms with E-state index in [1.165, 1.54) is 12.8 Å². The van der Waals surface area contributed by atoms with Gasteiger partial charge in [-0.2, -0.15) is 4.98 Å². The van der Waals surface area contributed by atoms with Crippen LogP contribution in [0.2, 0.25) is 0 Å². The second-order valence-corrected chi connectivity index (χ2v) is 4.76. The monoisotopic (exact) mass is 236 g/mol. The number of methoxy groups -OCH3 is 1. The highest BCUT2D eigenvalue weighted by Gasteiger charge is 2.21. The number of nitrogens with zero attached hydrogens (tertiary/aromatic N) is 1. The highest BCUT2D eigenvalue weighted by Crippen LogP contribution is 2.29. The van der Waals surface area contributed by atoms with Crippen molar-refractivity contribution in [3.8, 4) is 11.8 Å². The van der Waals surface area contributed by atoms with E-state index >= 15 is 0 Å². The minimum absolute atomic E-state index is 0.237. The largest absolute Gasteiger partial charge is 0.481 e. The molecule has 0 saturated heterocycles. The maximum absolute atomic E-state index is 5.88. The summed E-state index contributed by atoms with van der Waals surface area (Å²) in [5.41, 5.74) is 6.43. The molecule has 1 aliphatic rings. The van der Waals surface area contributed by atoms with Gasteiger partial charge in [0.05, 0.1) is 12.8 Å². The summed E-state index contributed by atoms with van der Waals surface area (Å²) in [4.78, 5) is 4.24. The molecule has 4 nitrogen and oxygen atoms in total. The van der Waals surface area contributed by atoms with Crippen LogP contribution in [0.4, 0.5) is 5.69 Å². The smallest absolute Gasteiger partial charge is 0.240 e. The minimum atomic E-state index is 0.237. The SMILES string of the molecule is COc1ccc(N)c(OC2CCCC(C)C2)n1. The number of anilines is 1. The number of ether oxygens (including phenoxy) is 2. The fraction of sp³-hybridized carbons (Fsp3) is 0.615. The summed E-state index contributed by atoms with van der Waals surface area (Å²) in [5.74, 6) is 1.77. The number of hydrogen-bond acceptors (Lipinski definition) is 4. The van der Waals surface area contributed by atoms with Gasteiger partial charge in [-0.05, 0) is 31.2 Å². The van der Waals surface area contributed by atoms with Crippen LogP contribution in [-0.2, 0) is 0 Å². The lowest BCUT2D eigenvalue weighted by molar-refractivity contribution is 0.124. The molecule has 2 rings (SSSR count). The Bertz CT molecular complexity index is 382. The van der Waals surface area contributed by atoms with Gasteiger partial charge in [-0.15, -0.1) is 0 Å². The van der Waals surface area contributed by atoms with E-state index in [0.29, 0.717) is 17.4 Å². The maximum atomic E-state index is 5.88. The molecule has 1 aromatic heterocycles. The zero-order valence-corrected chi connectivity index (χ0v) is 10.5. The first kappa shape index (κ1) is 12.0. The highest BCUT2D eigenvalue weighted by atomic mass is 16.5. The molecule has 0 radical (unpaired) electrons. The Morgan fingerprint density at radius 1 is 1.35 bits per heavy atom. The fourth-order valence-electron chi connectivity index (χ4n) is 2.29. The molecule has 0 amide bonds. The molecule has 94 valence electrons. The van der Waals surface area contributed by atoms with Crippen LogP contribution in [0.15, 0.2) is 12.1 Å². The van der Waals surface area contributed by atoms with Crippen molar-refractivity contribution in [1.82, 2.24) is 4.98 Å². The van der Waals surface area contributed by atoms with Crippen LogP contribution in [0, 0.1) is 5.92 Å². The lowest BCUT2D eigenvalue weighted by Gasteiger charge is -2.27. The Balaban J connectivity index is 2.06. The van der Waals surface area contributed by atoms with E-state index in [1.807, 2.05) is 0 Å². The van der Waals surface area contributed by atoms with Crippen molar-refractivity contribution in [2.45, 2.75) is 38.7 Å². The van der Waals surface area contributed by atoms with Crippen LogP contribution >= 0.6 is 0 Å². The summed E-state index contributed by atoms with van der Waals surface area (Å²) in [7, 11) is 1.59. The van der Waals surface area contributed by atoms with Crippen molar-refractivity contribution < 1.29 is 9.47 Å². The van der Waals surface area contributed by atoms with E-state index in [0.717, 1.165) is 18.8 Å². The number of nitrogens with two attached hydrogens (primary N) is 1. The second-order valence-electron chi connectivity index (χ2n) is 4.76. The molecule has 1 saturated carbocycles. The first-order chi connectivity index (χ1) is 8.19. The van der Waals surface area contributed by atoms with Gasteiger partial charge in [-0.3, -0.25) is 0 Å². The van der Waals surface area contributed by atoms with E-state index < -0.39 is 0 Å². The summed E-state index contributed by atoms with van der Waals surface area (Å²) in [6.45, 7) is 2.26. The van der Waals surface area contributed by atoms with Crippen molar-refractivity contribution in [1.29, 1.82) is 0 Å². The zero-order chi connectivity index (χ0) is 12.3. The van der Waals surface area contributed by atoms with Crippen LogP contribution in [0.3, 0.4) is 0 Å². The van der Waals surface area contributed by atoms with Crippen LogP contribution < -0.4 is 15.2 Å². The molecule has 2 unspecified atom stereocenters. The summed E-state index contributed by atoms with van der Waals surface area (Å²) in [6.07, 6.45) is 4.91. The van der Waals surface area contributed by atoms with E-state index in [2.05, 4.69) is 11.9 Å². The normalized spacial score (nSPS) is 24.4. The lowest BCUT2D eigenvalue weighted by atomic mass is 9.89. The predicted molar refractivity (Wildman–Crippen MR) is 67.2 cm³/mol. The summed E-state index contributed by atoms with van der Waals surface area (Å²) >= 11 is 0. The minimum Gasteiger partial charge on any atom is -0.481 e. The number of rotatable bonds is 3. The van der Waals surface area contributed by atoms with Gasteiger partial charge in [0.2, 0.25) is 11.8 Å². The van der Waals surface area contributed by atoms with Gasteiger partial charge in [-0.1, -0.05) is 13.3 Å². The van der Waals surface area contributed by atoms with Gasteiger partial charge in [0.1, 0.15) is 6.10 Å². The van der Waals surface area contributed by atoms with Crippen LogP contribution in [0.5, 0.6) is 11.8 Å². The third-order valence-electron chi connectivity index (χ3n) is 3.24. The van der Waals surface area contributed by atoms with Crippen LogP contribution in [-0.4, -0.2) is 18.2 Å². The molecule has 0 spiro atoms. The number of nitrogen functional groups attached to an aromatic ring is 1. The van der Waals surface area contributed by atoms with Gasteiger partial charge in [0.15, 0.2) is 0 Å². The Labute approximate surface area is 102 Å². The predicted octanol–water partition coefficient (Wildman–Crippen LogP) is 2.63. The van der Waals surface area contributed by atoms with Crippen molar-refractivity contribution in [3.63, 3.8) is 0 Å². The van der Waals surface area contributed by atoms with E-state index in [-0.39, 0.29) is 6.10 Å². The molecule has 0 bridgehead atoms. The standard InChI is InChI=1S/C13H20N2O2/c1-9-4-3-5-10(8-9)17-13-11(14)6-7-12(15-13)16-2/h6-7,9-10H,3-5,8,14H2,1-2H3. The highest BCUT2D eigenvalue weighted by molar-refractivity contribution is 5.49. The topological polar surface area (TPSA) is 57.4 Å². The molecule has 2 N–H and O–H groups in total. The van der Waals surface area contributed by atoms with Gasteiger partial charge in [0, 0.05) is 6.07 Å². The van der Waals surface area contributed by atoms with Crippen molar-refractivity contribution in [3.05, 3.63) is 12.1 Å². The maximum Gasteiger partial charge on any atom is 0.240 e. The Hall–Kier alpha value is -1.45. The summed E-state index contributed by atoms with van der Waals surface area (Å²) in [5, 5.41) is 0. The van der Waals surface area contributed by atoms with E-state index in [4.69, 9.17) is 15.2 Å². The number of pyridine rings is 1. The Kier molecular flexibility index (Phi) is 3.71. The first-order valence-electron chi connectivity index (χ1n) is 6.16. The van der Waals surface area contributed by atoms with Gasteiger partial charge in [0.25, 0.3) is 0 Å². The van der Waals surface area contributed by atoms with E-state index in [1.54, 1.807) is 19.2 Å². The van der Waals surface area contributed by atoms with Crippen molar-refractivity contribution in [2.24, 2.45) is 5.92 Å². The first-order valence-corrected chi connectivity index (χ1v) is 6.16. The molecule has 4 heteroatoms. The molecular weight excluding hydrogens is 216 g/mol. The Morgan fingerprint density at radius 2 is 2.18 bits per heavy atom. The third-order valence-corrected chi connectivity index (χ3v) is 3.24. The van der Waals surface area contributed by atoms with Crippen LogP contribution in [0.25, 0.3) is 0 Å². The molecule has 1 heterocycles. The van der Waals surface area contributed by atoms with Gasteiger partial charge in [-0.25, -0.2) is 0 Å². The molecule has 1 aliphatic carbocycles. The van der Waals surface area contributed by atoms with E-state index in [9.17, 15) is 0 Å².